The maximum absolute atomic E-state index is 14.3. The van der Waals surface area contributed by atoms with Crippen LogP contribution in [0, 0.1) is 23.1 Å². The molecule has 1 spiro atoms. The summed E-state index contributed by atoms with van der Waals surface area (Å²) in [6.07, 6.45) is -4.66. The van der Waals surface area contributed by atoms with Gasteiger partial charge in [0.15, 0.2) is 6.61 Å². The first-order valence-corrected chi connectivity index (χ1v) is 13.4. The molecular weight excluding hydrogens is 574 g/mol. The Labute approximate surface area is 244 Å². The Kier molecular flexibility index (Phi) is 8.66. The highest BCUT2D eigenvalue weighted by Crippen LogP contribution is 2.41. The molecule has 2 saturated heterocycles. The zero-order valence-corrected chi connectivity index (χ0v) is 23.6. The van der Waals surface area contributed by atoms with Crippen LogP contribution >= 0.6 is 0 Å². The molecule has 2 fully saturated rings. The molecule has 0 radical (unpaired) electrons. The van der Waals surface area contributed by atoms with Crippen molar-refractivity contribution >= 4 is 29.4 Å². The average Bonchev–Trinajstić information content (AvgIpc) is 3.14. The van der Waals surface area contributed by atoms with Crippen LogP contribution in [0.3, 0.4) is 0 Å². The molecule has 2 aliphatic rings. The van der Waals surface area contributed by atoms with Crippen LogP contribution in [0.15, 0.2) is 42.5 Å². The maximum Gasteiger partial charge on any atom is 0.416 e. The van der Waals surface area contributed by atoms with Gasteiger partial charge in [-0.15, -0.1) is 0 Å². The number of urea groups is 1. The standard InChI is InChI=1S/C29H29F4N5O5/c1-17(2)23(35-24(39)21-16-18(29(31,32)33)4-9-22(21)30)25(40)37-13-10-28(11-14-37)26(41)36(3)27(42)38(28)19-5-7-20(8-6-19)43-15-12-34/h4-9,16-17,23H,10-11,13-15H2,1-3H3,(H,35,39)/t23-/m1/s1. The predicted molar refractivity (Wildman–Crippen MR) is 144 cm³/mol. The summed E-state index contributed by atoms with van der Waals surface area (Å²) in [6, 6.07) is 7.89. The van der Waals surface area contributed by atoms with Crippen molar-refractivity contribution < 1.29 is 41.5 Å². The van der Waals surface area contributed by atoms with Crippen molar-refractivity contribution in [1.82, 2.24) is 15.1 Å². The molecule has 0 aliphatic carbocycles. The Balaban J connectivity index is 1.52. The van der Waals surface area contributed by atoms with E-state index in [-0.39, 0.29) is 32.5 Å². The number of nitrogens with one attached hydrogen (secondary N) is 1. The molecule has 0 aromatic heterocycles. The van der Waals surface area contributed by atoms with Crippen molar-refractivity contribution in [1.29, 1.82) is 5.26 Å². The van der Waals surface area contributed by atoms with Gasteiger partial charge >= 0.3 is 12.2 Å². The van der Waals surface area contributed by atoms with Crippen molar-refractivity contribution in [3.63, 3.8) is 0 Å². The highest BCUT2D eigenvalue weighted by Gasteiger charge is 2.58. The van der Waals surface area contributed by atoms with E-state index in [0.29, 0.717) is 29.6 Å². The minimum absolute atomic E-state index is 0.0303. The van der Waals surface area contributed by atoms with Crippen molar-refractivity contribution in [2.45, 2.75) is 44.4 Å². The second kappa shape index (κ2) is 11.9. The number of ether oxygens (including phenoxy) is 1. The van der Waals surface area contributed by atoms with Crippen molar-refractivity contribution in [2.75, 3.05) is 31.6 Å². The largest absolute Gasteiger partial charge is 0.479 e. The maximum atomic E-state index is 14.3. The minimum atomic E-state index is -4.80. The van der Waals surface area contributed by atoms with Gasteiger partial charge in [-0.05, 0) is 61.2 Å². The molecule has 1 N–H and O–H groups in total. The summed E-state index contributed by atoms with van der Waals surface area (Å²) >= 11 is 0. The van der Waals surface area contributed by atoms with Crippen LogP contribution < -0.4 is 15.0 Å². The quantitative estimate of drug-likeness (QED) is 0.378. The monoisotopic (exact) mass is 603 g/mol. The number of halogens is 4. The fourth-order valence-corrected chi connectivity index (χ4v) is 5.33. The zero-order chi connectivity index (χ0) is 31.7. The first-order valence-electron chi connectivity index (χ1n) is 13.4. The van der Waals surface area contributed by atoms with Crippen LogP contribution in [-0.2, 0) is 15.8 Å². The van der Waals surface area contributed by atoms with Crippen LogP contribution in [-0.4, -0.2) is 71.9 Å². The number of piperidine rings is 1. The molecule has 0 unspecified atom stereocenters. The average molecular weight is 604 g/mol. The summed E-state index contributed by atoms with van der Waals surface area (Å²) in [5, 5.41) is 11.1. The Bertz CT molecular complexity index is 1460. The van der Waals surface area contributed by atoms with E-state index in [4.69, 9.17) is 10.00 Å². The van der Waals surface area contributed by atoms with E-state index in [1.807, 2.05) is 6.07 Å². The van der Waals surface area contributed by atoms with Gasteiger partial charge in [-0.25, -0.2) is 9.18 Å². The number of anilines is 1. The number of rotatable bonds is 7. The number of alkyl halides is 3. The van der Waals surface area contributed by atoms with E-state index in [0.717, 1.165) is 4.90 Å². The van der Waals surface area contributed by atoms with E-state index < -0.39 is 64.4 Å². The Hall–Kier alpha value is -4.67. The van der Waals surface area contributed by atoms with Gasteiger partial charge in [0.1, 0.15) is 29.2 Å². The third kappa shape index (κ3) is 5.97. The number of amides is 5. The smallest absolute Gasteiger partial charge is 0.416 e. The lowest BCUT2D eigenvalue weighted by molar-refractivity contribution is -0.139. The lowest BCUT2D eigenvalue weighted by atomic mass is 9.85. The van der Waals surface area contributed by atoms with Gasteiger partial charge in [0.25, 0.3) is 11.8 Å². The molecule has 2 aromatic rings. The van der Waals surface area contributed by atoms with Crippen molar-refractivity contribution in [3.8, 4) is 11.8 Å². The van der Waals surface area contributed by atoms with Crippen LogP contribution in [0.4, 0.5) is 28.0 Å². The van der Waals surface area contributed by atoms with Crippen molar-refractivity contribution in [2.24, 2.45) is 5.92 Å². The number of imide groups is 1. The molecule has 14 heteroatoms. The van der Waals surface area contributed by atoms with Gasteiger partial charge in [-0.3, -0.25) is 24.2 Å². The lowest BCUT2D eigenvalue weighted by Gasteiger charge is -2.43. The topological polar surface area (TPSA) is 123 Å². The number of likely N-dealkylation sites (N-methyl/N-ethyl adjacent to an activating group) is 1. The first-order chi connectivity index (χ1) is 20.2. The summed E-state index contributed by atoms with van der Waals surface area (Å²) in [6.45, 7) is 3.14. The molecule has 228 valence electrons. The molecule has 2 aromatic carbocycles. The molecule has 2 heterocycles. The number of nitriles is 1. The molecule has 1 atom stereocenters. The van der Waals surface area contributed by atoms with Crippen LogP contribution in [0.2, 0.25) is 0 Å². The normalized spacial score (nSPS) is 17.3. The SMILES string of the molecule is CC(C)[C@@H](NC(=O)c1cc(C(F)(F)F)ccc1F)C(=O)N1CCC2(CC1)C(=O)N(C)C(=O)N2c1ccc(OCC#N)cc1. The van der Waals surface area contributed by atoms with Crippen LogP contribution in [0.25, 0.3) is 0 Å². The highest BCUT2D eigenvalue weighted by molar-refractivity contribution is 6.16. The van der Waals surface area contributed by atoms with Gasteiger partial charge in [0.05, 0.1) is 11.1 Å². The van der Waals surface area contributed by atoms with E-state index in [2.05, 4.69) is 5.32 Å². The van der Waals surface area contributed by atoms with Gasteiger partial charge in [0, 0.05) is 25.8 Å². The number of nitrogens with zero attached hydrogens (tertiary/aromatic N) is 4. The number of carbonyl (C=O) groups is 4. The molecule has 4 rings (SSSR count). The Morgan fingerprint density at radius 2 is 1.72 bits per heavy atom. The van der Waals surface area contributed by atoms with Crippen LogP contribution in [0.5, 0.6) is 5.75 Å². The molecule has 0 saturated carbocycles. The number of hydrogen-bond acceptors (Lipinski definition) is 6. The number of hydrogen-bond donors (Lipinski definition) is 1. The Morgan fingerprint density at radius 3 is 2.28 bits per heavy atom. The highest BCUT2D eigenvalue weighted by atomic mass is 19.4. The molecule has 43 heavy (non-hydrogen) atoms. The third-order valence-electron chi connectivity index (χ3n) is 7.67. The number of likely N-dealkylation sites (tertiary alicyclic amines) is 1. The lowest BCUT2D eigenvalue weighted by Crippen LogP contribution is -2.60. The zero-order valence-electron chi connectivity index (χ0n) is 23.6. The minimum Gasteiger partial charge on any atom is -0.479 e. The van der Waals surface area contributed by atoms with Crippen LogP contribution in [0.1, 0.15) is 42.6 Å². The molecule has 5 amide bonds. The van der Waals surface area contributed by atoms with E-state index in [9.17, 15) is 36.7 Å². The fraction of sp³-hybridized carbons (Fsp3) is 0.414. The second-order valence-electron chi connectivity index (χ2n) is 10.7. The van der Waals surface area contributed by atoms with Gasteiger partial charge in [0.2, 0.25) is 5.91 Å². The third-order valence-corrected chi connectivity index (χ3v) is 7.67. The van der Waals surface area contributed by atoms with E-state index >= 15 is 0 Å². The molecule has 0 bridgehead atoms. The summed E-state index contributed by atoms with van der Waals surface area (Å²) in [5.74, 6) is -3.45. The summed E-state index contributed by atoms with van der Waals surface area (Å²) in [7, 11) is 1.37. The van der Waals surface area contributed by atoms with E-state index in [1.165, 1.54) is 16.8 Å². The van der Waals surface area contributed by atoms with Gasteiger partial charge < -0.3 is 15.0 Å². The molecule has 10 nitrogen and oxygen atoms in total. The summed E-state index contributed by atoms with van der Waals surface area (Å²) in [5.41, 5.74) is -2.91. The van der Waals surface area contributed by atoms with Gasteiger partial charge in [-0.1, -0.05) is 13.8 Å². The first kappa shape index (κ1) is 31.3. The van der Waals surface area contributed by atoms with Crippen molar-refractivity contribution in [3.05, 3.63) is 59.4 Å². The number of carbonyl (C=O) groups excluding carboxylic acids is 4. The Morgan fingerprint density at radius 1 is 1.09 bits per heavy atom. The predicted octanol–water partition coefficient (Wildman–Crippen LogP) is 3.96. The molecule has 2 aliphatic heterocycles. The van der Waals surface area contributed by atoms with E-state index in [1.54, 1.807) is 38.1 Å². The number of benzene rings is 2. The summed E-state index contributed by atoms with van der Waals surface area (Å²) in [4.78, 5) is 56.7. The summed E-state index contributed by atoms with van der Waals surface area (Å²) < 4.78 is 59.0. The fourth-order valence-electron chi connectivity index (χ4n) is 5.33. The van der Waals surface area contributed by atoms with Gasteiger partial charge in [-0.2, -0.15) is 18.4 Å². The second-order valence-corrected chi connectivity index (χ2v) is 10.7. The molecular formula is C29H29F4N5O5.